The van der Waals surface area contributed by atoms with Gasteiger partial charge < -0.3 is 15.0 Å². The van der Waals surface area contributed by atoms with Gasteiger partial charge in [-0.25, -0.2) is 4.39 Å². The maximum Gasteiger partial charge on any atom is 0.259 e. The summed E-state index contributed by atoms with van der Waals surface area (Å²) in [5.74, 6) is -0.972. The van der Waals surface area contributed by atoms with Crippen LogP contribution in [0.25, 0.3) is 0 Å². The minimum Gasteiger partial charge on any atom is -0.493 e. The number of carbonyl (C=O) groups is 1. The molecule has 1 aliphatic heterocycles. The van der Waals surface area contributed by atoms with Crippen molar-refractivity contribution in [2.45, 2.75) is 13.0 Å². The number of para-hydroxylation sites is 1. The van der Waals surface area contributed by atoms with E-state index in [1.54, 1.807) is 6.07 Å². The second-order valence-electron chi connectivity index (χ2n) is 5.75. The van der Waals surface area contributed by atoms with Crippen LogP contribution in [0.2, 0.25) is 0 Å². The topological polar surface area (TPSA) is 41.6 Å². The molecular formula is C18H19FN2O2. The summed E-state index contributed by atoms with van der Waals surface area (Å²) in [7, 11) is 3.43. The molecule has 0 aliphatic carbocycles. The van der Waals surface area contributed by atoms with Crippen LogP contribution in [-0.2, 0) is 13.0 Å². The smallest absolute Gasteiger partial charge is 0.259 e. The predicted molar refractivity (Wildman–Crippen MR) is 87.4 cm³/mol. The number of nitrogens with zero attached hydrogens (tertiary/aromatic N) is 1. The van der Waals surface area contributed by atoms with Crippen LogP contribution in [0.5, 0.6) is 5.75 Å². The van der Waals surface area contributed by atoms with Gasteiger partial charge in [0.15, 0.2) is 11.6 Å². The highest BCUT2D eigenvalue weighted by Gasteiger charge is 2.17. The fourth-order valence-corrected chi connectivity index (χ4v) is 2.87. The Labute approximate surface area is 134 Å². The van der Waals surface area contributed by atoms with E-state index in [-0.39, 0.29) is 17.2 Å². The van der Waals surface area contributed by atoms with Gasteiger partial charge in [0, 0.05) is 18.8 Å². The molecule has 0 radical (unpaired) electrons. The van der Waals surface area contributed by atoms with Crippen molar-refractivity contribution in [1.82, 2.24) is 4.90 Å². The van der Waals surface area contributed by atoms with Gasteiger partial charge in [-0.15, -0.1) is 0 Å². The highest BCUT2D eigenvalue weighted by Crippen LogP contribution is 2.25. The first-order chi connectivity index (χ1) is 11.1. The lowest BCUT2D eigenvalue weighted by molar-refractivity contribution is 0.102. The lowest BCUT2D eigenvalue weighted by Gasteiger charge is -2.25. The zero-order valence-electron chi connectivity index (χ0n) is 13.2. The number of halogens is 1. The zero-order chi connectivity index (χ0) is 16.4. The number of hydrogen-bond acceptors (Lipinski definition) is 3. The molecule has 0 fully saturated rings. The molecule has 2 aromatic rings. The molecule has 0 spiro atoms. The Hall–Kier alpha value is -2.40. The normalized spacial score (nSPS) is 14.2. The zero-order valence-corrected chi connectivity index (χ0v) is 13.2. The van der Waals surface area contributed by atoms with Gasteiger partial charge in [-0.2, -0.15) is 0 Å². The highest BCUT2D eigenvalue weighted by atomic mass is 19.1. The van der Waals surface area contributed by atoms with Crippen LogP contribution >= 0.6 is 0 Å². The SMILES string of the molecule is COc1c(F)cccc1C(=O)Nc1ccc2c(c1)CN(C)CC2. The number of likely N-dealkylation sites (N-methyl/N-ethyl adjacent to an activating group) is 1. The molecule has 3 rings (SSSR count). The van der Waals surface area contributed by atoms with Crippen molar-refractivity contribution < 1.29 is 13.9 Å². The van der Waals surface area contributed by atoms with Crippen LogP contribution in [0.15, 0.2) is 36.4 Å². The number of benzene rings is 2. The van der Waals surface area contributed by atoms with Gasteiger partial charge in [0.1, 0.15) is 0 Å². The largest absolute Gasteiger partial charge is 0.493 e. The molecule has 1 amide bonds. The molecule has 5 heteroatoms. The van der Waals surface area contributed by atoms with Gasteiger partial charge >= 0.3 is 0 Å². The van der Waals surface area contributed by atoms with E-state index < -0.39 is 5.82 Å². The van der Waals surface area contributed by atoms with E-state index in [2.05, 4.69) is 17.3 Å². The Morgan fingerprint density at radius 1 is 1.26 bits per heavy atom. The predicted octanol–water partition coefficient (Wildman–Crippen LogP) is 3.07. The molecule has 0 atom stereocenters. The van der Waals surface area contributed by atoms with Crippen LogP contribution in [0.3, 0.4) is 0 Å². The van der Waals surface area contributed by atoms with Crippen molar-refractivity contribution in [2.24, 2.45) is 0 Å². The summed E-state index contributed by atoms with van der Waals surface area (Å²) in [4.78, 5) is 14.6. The monoisotopic (exact) mass is 314 g/mol. The van der Waals surface area contributed by atoms with Crippen molar-refractivity contribution >= 4 is 11.6 Å². The molecule has 2 aromatic carbocycles. The molecule has 120 valence electrons. The lowest BCUT2D eigenvalue weighted by atomic mass is 9.99. The highest BCUT2D eigenvalue weighted by molar-refractivity contribution is 6.06. The minimum atomic E-state index is -0.549. The van der Waals surface area contributed by atoms with Gasteiger partial charge in [0.2, 0.25) is 0 Å². The standard InChI is InChI=1S/C18H19FN2O2/c1-21-9-8-12-6-7-14(10-13(12)11-21)20-18(22)15-4-3-5-16(19)17(15)23-2/h3-7,10H,8-9,11H2,1-2H3,(H,20,22). The summed E-state index contributed by atoms with van der Waals surface area (Å²) in [6.07, 6.45) is 1.01. The summed E-state index contributed by atoms with van der Waals surface area (Å²) in [5.41, 5.74) is 3.41. The fraction of sp³-hybridized carbons (Fsp3) is 0.278. The van der Waals surface area contributed by atoms with Gasteiger partial charge in [-0.3, -0.25) is 4.79 Å². The number of methoxy groups -OCH3 is 1. The van der Waals surface area contributed by atoms with Crippen molar-refractivity contribution in [3.05, 3.63) is 58.9 Å². The first-order valence-corrected chi connectivity index (χ1v) is 7.52. The third-order valence-electron chi connectivity index (χ3n) is 4.08. The van der Waals surface area contributed by atoms with E-state index in [4.69, 9.17) is 4.74 Å². The number of nitrogens with one attached hydrogen (secondary N) is 1. The molecule has 1 aliphatic rings. The van der Waals surface area contributed by atoms with E-state index in [9.17, 15) is 9.18 Å². The van der Waals surface area contributed by atoms with Crippen LogP contribution in [0.4, 0.5) is 10.1 Å². The van der Waals surface area contributed by atoms with Gasteiger partial charge in [0.05, 0.1) is 12.7 Å². The van der Waals surface area contributed by atoms with Gasteiger partial charge in [-0.05, 0) is 48.9 Å². The molecule has 0 saturated carbocycles. The van der Waals surface area contributed by atoms with Crippen LogP contribution in [0, 0.1) is 5.82 Å². The number of fused-ring (bicyclic) bond motifs is 1. The Morgan fingerprint density at radius 3 is 2.87 bits per heavy atom. The molecular weight excluding hydrogens is 295 g/mol. The summed E-state index contributed by atoms with van der Waals surface area (Å²) < 4.78 is 18.7. The van der Waals surface area contributed by atoms with Gasteiger partial charge in [-0.1, -0.05) is 12.1 Å². The molecule has 0 unspecified atom stereocenters. The molecule has 0 saturated heterocycles. The van der Waals surface area contributed by atoms with Crippen molar-refractivity contribution in [2.75, 3.05) is 26.0 Å². The fourth-order valence-electron chi connectivity index (χ4n) is 2.87. The molecule has 0 aromatic heterocycles. The quantitative estimate of drug-likeness (QED) is 0.946. The average molecular weight is 314 g/mol. The Bertz CT molecular complexity index is 746. The van der Waals surface area contributed by atoms with E-state index in [0.717, 1.165) is 19.5 Å². The Balaban J connectivity index is 1.84. The van der Waals surface area contributed by atoms with E-state index in [1.165, 1.54) is 30.4 Å². The summed E-state index contributed by atoms with van der Waals surface area (Å²) in [5, 5.41) is 2.82. The molecule has 1 N–H and O–H groups in total. The summed E-state index contributed by atoms with van der Waals surface area (Å²) in [6.45, 7) is 1.90. The number of amides is 1. The number of hydrogen-bond donors (Lipinski definition) is 1. The van der Waals surface area contributed by atoms with Crippen LogP contribution < -0.4 is 10.1 Å². The van der Waals surface area contributed by atoms with Crippen LogP contribution in [0.1, 0.15) is 21.5 Å². The molecule has 4 nitrogen and oxygen atoms in total. The number of rotatable bonds is 3. The van der Waals surface area contributed by atoms with Crippen molar-refractivity contribution in [3.63, 3.8) is 0 Å². The molecule has 23 heavy (non-hydrogen) atoms. The first-order valence-electron chi connectivity index (χ1n) is 7.52. The number of ether oxygens (including phenoxy) is 1. The van der Waals surface area contributed by atoms with Crippen molar-refractivity contribution in [1.29, 1.82) is 0 Å². The second-order valence-corrected chi connectivity index (χ2v) is 5.75. The Morgan fingerprint density at radius 2 is 2.09 bits per heavy atom. The van der Waals surface area contributed by atoms with E-state index in [0.29, 0.717) is 5.69 Å². The minimum absolute atomic E-state index is 0.0392. The maximum atomic E-state index is 13.7. The van der Waals surface area contributed by atoms with Crippen LogP contribution in [-0.4, -0.2) is 31.5 Å². The lowest BCUT2D eigenvalue weighted by Crippen LogP contribution is -2.26. The molecule has 1 heterocycles. The first kappa shape index (κ1) is 15.5. The summed E-state index contributed by atoms with van der Waals surface area (Å²) in [6, 6.07) is 10.2. The van der Waals surface area contributed by atoms with Crippen molar-refractivity contribution in [3.8, 4) is 5.75 Å². The second kappa shape index (κ2) is 6.38. The van der Waals surface area contributed by atoms with Gasteiger partial charge in [0.25, 0.3) is 5.91 Å². The third kappa shape index (κ3) is 3.19. The Kier molecular flexibility index (Phi) is 4.30. The third-order valence-corrected chi connectivity index (χ3v) is 4.08. The number of carbonyl (C=O) groups excluding carboxylic acids is 1. The molecule has 0 bridgehead atoms. The average Bonchev–Trinajstić information content (AvgIpc) is 2.54. The summed E-state index contributed by atoms with van der Waals surface area (Å²) >= 11 is 0. The number of anilines is 1. The van der Waals surface area contributed by atoms with E-state index in [1.807, 2.05) is 18.2 Å². The maximum absolute atomic E-state index is 13.7. The van der Waals surface area contributed by atoms with E-state index >= 15 is 0 Å².